The van der Waals surface area contributed by atoms with Gasteiger partial charge in [-0.1, -0.05) is 17.7 Å². The van der Waals surface area contributed by atoms with Gasteiger partial charge in [-0.05, 0) is 55.3 Å². The number of carbonyl (C=O) groups excluding carboxylic acids is 1. The second-order valence-electron chi connectivity index (χ2n) is 5.96. The fraction of sp³-hybridized carbons (Fsp3) is 0.263. The predicted octanol–water partition coefficient (Wildman–Crippen LogP) is 3.54. The van der Waals surface area contributed by atoms with Crippen molar-refractivity contribution in [3.63, 3.8) is 0 Å². The summed E-state index contributed by atoms with van der Waals surface area (Å²) in [5, 5.41) is 14.5. The monoisotopic (exact) mass is 405 g/mol. The molecule has 0 unspecified atom stereocenters. The minimum atomic E-state index is -0.319. The first-order chi connectivity index (χ1) is 13.0. The fourth-order valence-corrected chi connectivity index (χ4v) is 3.66. The predicted molar refractivity (Wildman–Crippen MR) is 107 cm³/mol. The van der Waals surface area contributed by atoms with Crippen LogP contribution in [0.15, 0.2) is 52.5 Å². The van der Waals surface area contributed by atoms with Crippen LogP contribution in [-0.2, 0) is 4.74 Å². The van der Waals surface area contributed by atoms with E-state index in [9.17, 15) is 9.90 Å². The number of benzene rings is 2. The molecule has 3 rings (SSSR count). The summed E-state index contributed by atoms with van der Waals surface area (Å²) < 4.78 is 7.56. The van der Waals surface area contributed by atoms with E-state index in [-0.39, 0.29) is 11.7 Å². The molecule has 27 heavy (non-hydrogen) atoms. The van der Waals surface area contributed by atoms with Crippen molar-refractivity contribution in [2.75, 3.05) is 26.3 Å². The van der Waals surface area contributed by atoms with Gasteiger partial charge in [-0.2, -0.15) is 5.10 Å². The molecule has 0 aliphatic carbocycles. The molecule has 0 saturated carbocycles. The maximum atomic E-state index is 12.4. The van der Waals surface area contributed by atoms with E-state index in [1.54, 1.807) is 37.1 Å². The van der Waals surface area contributed by atoms with E-state index in [0.717, 1.165) is 31.2 Å². The summed E-state index contributed by atoms with van der Waals surface area (Å²) >= 11 is 7.56. The number of carbonyl (C=O) groups is 1. The normalized spacial score (nSPS) is 15.6. The zero-order valence-corrected chi connectivity index (χ0v) is 16.4. The van der Waals surface area contributed by atoms with Gasteiger partial charge >= 0.3 is 0 Å². The number of halogens is 1. The Bertz CT molecular complexity index is 854. The van der Waals surface area contributed by atoms with Gasteiger partial charge in [0.1, 0.15) is 5.75 Å². The van der Waals surface area contributed by atoms with Crippen LogP contribution in [0.3, 0.4) is 0 Å². The Morgan fingerprint density at radius 3 is 2.81 bits per heavy atom. The Balaban J connectivity index is 1.67. The highest BCUT2D eigenvalue weighted by atomic mass is 35.5. The van der Waals surface area contributed by atoms with E-state index in [1.165, 1.54) is 6.07 Å². The van der Waals surface area contributed by atoms with Gasteiger partial charge in [0, 0.05) is 34.1 Å². The molecule has 0 atom stereocenters. The number of amides is 1. The smallest absolute Gasteiger partial charge is 0.271 e. The molecule has 0 spiro atoms. The third kappa shape index (κ3) is 5.46. The number of hydrazone groups is 1. The first-order valence-electron chi connectivity index (χ1n) is 8.47. The molecule has 1 aliphatic rings. The van der Waals surface area contributed by atoms with E-state index < -0.39 is 0 Å². The van der Waals surface area contributed by atoms with Crippen LogP contribution < -0.4 is 5.43 Å². The molecule has 1 fully saturated rings. The molecule has 2 N–H and O–H groups in total. The number of rotatable bonds is 5. The quantitative estimate of drug-likeness (QED) is 0.452. The molecule has 2 aromatic carbocycles. The number of morpholine rings is 1. The highest BCUT2D eigenvalue weighted by Crippen LogP contribution is 2.24. The minimum Gasteiger partial charge on any atom is -0.507 e. The molecule has 8 heteroatoms. The van der Waals surface area contributed by atoms with Crippen molar-refractivity contribution < 1.29 is 14.6 Å². The number of phenolic OH excluding ortho intramolecular Hbond substituents is 1. The SMILES string of the molecule is C/C(=N\NC(=O)c1cccc(SN2CCOCC2)c1)c1cc(Cl)ccc1O. The van der Waals surface area contributed by atoms with Crippen LogP contribution >= 0.6 is 23.5 Å². The number of phenols is 1. The van der Waals surface area contributed by atoms with Gasteiger partial charge in [0.15, 0.2) is 0 Å². The molecular formula is C19H20ClN3O3S. The Morgan fingerprint density at radius 2 is 2.04 bits per heavy atom. The second kappa shape index (κ2) is 9.23. The molecule has 0 bridgehead atoms. The number of nitrogens with one attached hydrogen (secondary N) is 1. The molecule has 0 aromatic heterocycles. The average Bonchev–Trinajstić information content (AvgIpc) is 2.68. The molecule has 6 nitrogen and oxygen atoms in total. The molecule has 1 amide bonds. The molecule has 2 aromatic rings. The lowest BCUT2D eigenvalue weighted by atomic mass is 10.1. The summed E-state index contributed by atoms with van der Waals surface area (Å²) in [7, 11) is 0. The van der Waals surface area contributed by atoms with Crippen molar-refractivity contribution in [2.24, 2.45) is 5.10 Å². The standard InChI is InChI=1S/C19H20ClN3O3S/c1-13(17-12-15(20)5-6-18(17)24)21-22-19(25)14-3-2-4-16(11-14)27-23-7-9-26-10-8-23/h2-6,11-12,24H,7-10H2,1H3,(H,22,25)/b21-13+. The zero-order valence-electron chi connectivity index (χ0n) is 14.8. The Morgan fingerprint density at radius 1 is 1.26 bits per heavy atom. The lowest BCUT2D eigenvalue weighted by molar-refractivity contribution is 0.0773. The van der Waals surface area contributed by atoms with Gasteiger partial charge in [0.05, 0.1) is 18.9 Å². The van der Waals surface area contributed by atoms with Gasteiger partial charge in [-0.25, -0.2) is 9.73 Å². The van der Waals surface area contributed by atoms with Crippen LogP contribution in [-0.4, -0.2) is 47.3 Å². The first kappa shape index (κ1) is 19.7. The van der Waals surface area contributed by atoms with Crippen molar-refractivity contribution in [3.8, 4) is 5.75 Å². The Hall–Kier alpha value is -2.06. The summed E-state index contributed by atoms with van der Waals surface area (Å²) in [5.74, 6) is -0.265. The summed E-state index contributed by atoms with van der Waals surface area (Å²) in [6.45, 7) is 4.84. The highest BCUT2D eigenvalue weighted by Gasteiger charge is 2.13. The van der Waals surface area contributed by atoms with Gasteiger partial charge < -0.3 is 9.84 Å². The van der Waals surface area contributed by atoms with Crippen LogP contribution in [0.5, 0.6) is 5.75 Å². The van der Waals surface area contributed by atoms with Gasteiger partial charge in [-0.3, -0.25) is 4.79 Å². The highest BCUT2D eigenvalue weighted by molar-refractivity contribution is 7.97. The lowest BCUT2D eigenvalue weighted by Gasteiger charge is -2.25. The summed E-state index contributed by atoms with van der Waals surface area (Å²) in [5.41, 5.74) is 3.97. The maximum Gasteiger partial charge on any atom is 0.271 e. The van der Waals surface area contributed by atoms with Crippen LogP contribution in [0.2, 0.25) is 5.02 Å². The maximum absolute atomic E-state index is 12.4. The number of hydrogen-bond donors (Lipinski definition) is 2. The van der Waals surface area contributed by atoms with Crippen molar-refractivity contribution in [3.05, 3.63) is 58.6 Å². The van der Waals surface area contributed by atoms with Gasteiger partial charge in [-0.15, -0.1) is 0 Å². The largest absolute Gasteiger partial charge is 0.507 e. The molecule has 1 saturated heterocycles. The lowest BCUT2D eigenvalue weighted by Crippen LogP contribution is -2.30. The van der Waals surface area contributed by atoms with Crippen molar-refractivity contribution >= 4 is 35.2 Å². The molecular weight excluding hydrogens is 386 g/mol. The third-order valence-electron chi connectivity index (χ3n) is 3.97. The summed E-state index contributed by atoms with van der Waals surface area (Å²) in [4.78, 5) is 13.4. The zero-order chi connectivity index (χ0) is 19.2. The fourth-order valence-electron chi connectivity index (χ4n) is 2.54. The van der Waals surface area contributed by atoms with E-state index in [2.05, 4.69) is 14.8 Å². The van der Waals surface area contributed by atoms with Crippen LogP contribution in [0.1, 0.15) is 22.8 Å². The number of ether oxygens (including phenoxy) is 1. The molecule has 1 heterocycles. The molecule has 142 valence electrons. The summed E-state index contributed by atoms with van der Waals surface area (Å²) in [6, 6.07) is 12.1. The van der Waals surface area contributed by atoms with Crippen LogP contribution in [0, 0.1) is 0 Å². The second-order valence-corrected chi connectivity index (χ2v) is 7.57. The van der Waals surface area contributed by atoms with E-state index in [0.29, 0.717) is 21.9 Å². The van der Waals surface area contributed by atoms with Crippen LogP contribution in [0.25, 0.3) is 0 Å². The molecule has 0 radical (unpaired) electrons. The van der Waals surface area contributed by atoms with Crippen molar-refractivity contribution in [1.82, 2.24) is 9.73 Å². The van der Waals surface area contributed by atoms with E-state index in [1.807, 2.05) is 18.2 Å². The van der Waals surface area contributed by atoms with Gasteiger partial charge in [0.2, 0.25) is 0 Å². The van der Waals surface area contributed by atoms with Crippen LogP contribution in [0.4, 0.5) is 0 Å². The van der Waals surface area contributed by atoms with Crippen molar-refractivity contribution in [1.29, 1.82) is 0 Å². The Kier molecular flexibility index (Phi) is 6.73. The minimum absolute atomic E-state index is 0.0545. The third-order valence-corrected chi connectivity index (χ3v) is 5.30. The van der Waals surface area contributed by atoms with E-state index in [4.69, 9.17) is 16.3 Å². The van der Waals surface area contributed by atoms with Crippen molar-refractivity contribution in [2.45, 2.75) is 11.8 Å². The average molecular weight is 406 g/mol. The summed E-state index contributed by atoms with van der Waals surface area (Å²) in [6.07, 6.45) is 0. The first-order valence-corrected chi connectivity index (χ1v) is 9.62. The number of aromatic hydroxyl groups is 1. The number of hydrogen-bond acceptors (Lipinski definition) is 6. The molecule has 1 aliphatic heterocycles. The van der Waals surface area contributed by atoms with E-state index >= 15 is 0 Å². The van der Waals surface area contributed by atoms with Gasteiger partial charge in [0.25, 0.3) is 5.91 Å². The topological polar surface area (TPSA) is 74.2 Å². The Labute approximate surface area is 167 Å². The number of nitrogens with zero attached hydrogens (tertiary/aromatic N) is 2.